The van der Waals surface area contributed by atoms with Gasteiger partial charge in [-0.25, -0.2) is 4.39 Å². The van der Waals surface area contributed by atoms with Crippen LogP contribution < -0.4 is 15.4 Å². The lowest BCUT2D eigenvalue weighted by Gasteiger charge is -2.10. The predicted molar refractivity (Wildman–Crippen MR) is 81.3 cm³/mol. The normalized spacial score (nSPS) is 10.0. The highest BCUT2D eigenvalue weighted by Gasteiger charge is 2.05. The molecule has 0 atom stereocenters. The highest BCUT2D eigenvalue weighted by Crippen LogP contribution is 2.17. The van der Waals surface area contributed by atoms with Gasteiger partial charge in [-0.1, -0.05) is 6.07 Å². The Morgan fingerprint density at radius 1 is 1.24 bits per heavy atom. The van der Waals surface area contributed by atoms with Crippen molar-refractivity contribution in [3.8, 4) is 5.75 Å². The van der Waals surface area contributed by atoms with Crippen molar-refractivity contribution in [1.82, 2.24) is 0 Å². The summed E-state index contributed by atoms with van der Waals surface area (Å²) in [6, 6.07) is 11.5. The number of carbonyl (C=O) groups is 1. The Labute approximate surface area is 122 Å². The van der Waals surface area contributed by atoms with Gasteiger partial charge in [-0.15, -0.1) is 0 Å². The van der Waals surface area contributed by atoms with Gasteiger partial charge >= 0.3 is 0 Å². The molecular formula is C16H17FN2O2. The van der Waals surface area contributed by atoms with E-state index in [9.17, 15) is 9.18 Å². The number of hydrogen-bond acceptors (Lipinski definition) is 3. The molecule has 2 aromatic carbocycles. The summed E-state index contributed by atoms with van der Waals surface area (Å²) in [5.74, 6) is 0.195. The number of amides is 1. The average molecular weight is 288 g/mol. The molecule has 0 saturated carbocycles. The second-order valence-corrected chi connectivity index (χ2v) is 4.59. The van der Waals surface area contributed by atoms with Crippen LogP contribution in [-0.2, 0) is 4.79 Å². The van der Waals surface area contributed by atoms with Crippen molar-refractivity contribution in [3.05, 3.63) is 53.8 Å². The summed E-state index contributed by atoms with van der Waals surface area (Å²) in [4.78, 5) is 11.9. The number of hydrogen-bond donors (Lipinski definition) is 2. The number of benzene rings is 2. The Kier molecular flexibility index (Phi) is 4.77. The monoisotopic (exact) mass is 288 g/mol. The van der Waals surface area contributed by atoms with Gasteiger partial charge in [-0.3, -0.25) is 4.79 Å². The summed E-state index contributed by atoms with van der Waals surface area (Å²) >= 11 is 0. The van der Waals surface area contributed by atoms with Gasteiger partial charge in [0.2, 0.25) is 5.91 Å². The first-order chi connectivity index (χ1) is 10.1. The maximum absolute atomic E-state index is 13.0. The number of ether oxygens (including phenoxy) is 1. The van der Waals surface area contributed by atoms with E-state index in [1.807, 2.05) is 0 Å². The minimum atomic E-state index is -0.293. The van der Waals surface area contributed by atoms with Crippen molar-refractivity contribution in [2.45, 2.75) is 6.92 Å². The van der Waals surface area contributed by atoms with E-state index in [-0.39, 0.29) is 18.3 Å². The minimum absolute atomic E-state index is 0.101. The molecule has 21 heavy (non-hydrogen) atoms. The zero-order valence-electron chi connectivity index (χ0n) is 11.9. The predicted octanol–water partition coefficient (Wildman–Crippen LogP) is 3.19. The summed E-state index contributed by atoms with van der Waals surface area (Å²) in [5, 5.41) is 5.74. The smallest absolute Gasteiger partial charge is 0.243 e. The zero-order chi connectivity index (χ0) is 15.2. The summed E-state index contributed by atoms with van der Waals surface area (Å²) in [6.07, 6.45) is 0. The molecule has 0 radical (unpaired) electrons. The highest BCUT2D eigenvalue weighted by molar-refractivity contribution is 5.94. The van der Waals surface area contributed by atoms with Crippen molar-refractivity contribution < 1.29 is 13.9 Å². The number of methoxy groups -OCH3 is 1. The summed E-state index contributed by atoms with van der Waals surface area (Å²) in [7, 11) is 1.57. The van der Waals surface area contributed by atoms with Crippen LogP contribution >= 0.6 is 0 Å². The molecule has 0 unspecified atom stereocenters. The molecule has 2 N–H and O–H groups in total. The number of aryl methyl sites for hydroxylation is 1. The molecule has 5 heteroatoms. The summed E-state index contributed by atoms with van der Waals surface area (Å²) in [6.45, 7) is 1.88. The van der Waals surface area contributed by atoms with Crippen LogP contribution in [0.1, 0.15) is 5.56 Å². The Hall–Kier alpha value is -2.56. The molecule has 0 aromatic heterocycles. The number of carbonyl (C=O) groups excluding carboxylic acids is 1. The fraction of sp³-hybridized carbons (Fsp3) is 0.188. The van der Waals surface area contributed by atoms with Crippen LogP contribution in [0.25, 0.3) is 0 Å². The Balaban J connectivity index is 1.92. The third-order valence-electron chi connectivity index (χ3n) is 2.98. The van der Waals surface area contributed by atoms with Crippen LogP contribution in [0, 0.1) is 12.7 Å². The molecular weight excluding hydrogens is 271 g/mol. The molecule has 2 aromatic rings. The van der Waals surface area contributed by atoms with E-state index >= 15 is 0 Å². The standard InChI is InChI=1S/C16H17FN2O2/c1-11-8-12(17)6-7-15(11)18-10-16(20)19-13-4-3-5-14(9-13)21-2/h3-9,18H,10H2,1-2H3,(H,19,20). The number of nitrogens with one attached hydrogen (secondary N) is 2. The number of halogens is 1. The summed E-state index contributed by atoms with van der Waals surface area (Å²) < 4.78 is 18.1. The highest BCUT2D eigenvalue weighted by atomic mass is 19.1. The third kappa shape index (κ3) is 4.21. The molecule has 0 aliphatic carbocycles. The molecule has 0 heterocycles. The third-order valence-corrected chi connectivity index (χ3v) is 2.98. The van der Waals surface area contributed by atoms with Crippen LogP contribution in [0.3, 0.4) is 0 Å². The van der Waals surface area contributed by atoms with Gasteiger partial charge in [0, 0.05) is 17.4 Å². The molecule has 4 nitrogen and oxygen atoms in total. The molecule has 0 bridgehead atoms. The Bertz CT molecular complexity index is 644. The van der Waals surface area contributed by atoms with Gasteiger partial charge in [0.25, 0.3) is 0 Å². The SMILES string of the molecule is COc1cccc(NC(=O)CNc2ccc(F)cc2C)c1. The lowest BCUT2D eigenvalue weighted by Crippen LogP contribution is -2.22. The molecule has 0 spiro atoms. The quantitative estimate of drug-likeness (QED) is 0.888. The zero-order valence-corrected chi connectivity index (χ0v) is 11.9. The molecule has 0 fully saturated rings. The van der Waals surface area contributed by atoms with Crippen molar-refractivity contribution in [2.75, 3.05) is 24.3 Å². The lowest BCUT2D eigenvalue weighted by atomic mass is 10.2. The van der Waals surface area contributed by atoms with Crippen LogP contribution in [0.5, 0.6) is 5.75 Å². The van der Waals surface area contributed by atoms with Crippen LogP contribution in [0.2, 0.25) is 0 Å². The van der Waals surface area contributed by atoms with Crippen molar-refractivity contribution in [2.24, 2.45) is 0 Å². The van der Waals surface area contributed by atoms with Gasteiger partial charge in [-0.05, 0) is 42.8 Å². The van der Waals surface area contributed by atoms with Gasteiger partial charge in [-0.2, -0.15) is 0 Å². The first-order valence-electron chi connectivity index (χ1n) is 6.52. The largest absolute Gasteiger partial charge is 0.497 e. The lowest BCUT2D eigenvalue weighted by molar-refractivity contribution is -0.114. The maximum Gasteiger partial charge on any atom is 0.243 e. The van der Waals surface area contributed by atoms with Gasteiger partial charge in [0.05, 0.1) is 13.7 Å². The van der Waals surface area contributed by atoms with E-state index in [2.05, 4.69) is 10.6 Å². The first-order valence-corrected chi connectivity index (χ1v) is 6.52. The molecule has 2 rings (SSSR count). The maximum atomic E-state index is 13.0. The fourth-order valence-corrected chi connectivity index (χ4v) is 1.91. The Morgan fingerprint density at radius 2 is 2.05 bits per heavy atom. The van der Waals surface area contributed by atoms with Crippen LogP contribution in [0.15, 0.2) is 42.5 Å². The van der Waals surface area contributed by atoms with Crippen LogP contribution in [-0.4, -0.2) is 19.6 Å². The van der Waals surface area contributed by atoms with E-state index in [1.54, 1.807) is 44.4 Å². The minimum Gasteiger partial charge on any atom is -0.497 e. The van der Waals surface area contributed by atoms with E-state index in [4.69, 9.17) is 4.74 Å². The fourth-order valence-electron chi connectivity index (χ4n) is 1.91. The van der Waals surface area contributed by atoms with Gasteiger partial charge < -0.3 is 15.4 Å². The Morgan fingerprint density at radius 3 is 2.76 bits per heavy atom. The van der Waals surface area contributed by atoms with Crippen LogP contribution in [0.4, 0.5) is 15.8 Å². The number of rotatable bonds is 5. The van der Waals surface area contributed by atoms with Gasteiger partial charge in [0.1, 0.15) is 11.6 Å². The van der Waals surface area contributed by atoms with E-state index in [0.717, 1.165) is 11.3 Å². The van der Waals surface area contributed by atoms with E-state index in [0.29, 0.717) is 11.4 Å². The van der Waals surface area contributed by atoms with Crippen molar-refractivity contribution in [3.63, 3.8) is 0 Å². The second-order valence-electron chi connectivity index (χ2n) is 4.59. The molecule has 1 amide bonds. The second kappa shape index (κ2) is 6.74. The molecule has 0 aliphatic rings. The number of anilines is 2. The summed E-state index contributed by atoms with van der Waals surface area (Å²) in [5.41, 5.74) is 2.15. The van der Waals surface area contributed by atoms with Crippen molar-refractivity contribution >= 4 is 17.3 Å². The molecule has 110 valence electrons. The average Bonchev–Trinajstić information content (AvgIpc) is 2.46. The van der Waals surface area contributed by atoms with E-state index in [1.165, 1.54) is 12.1 Å². The van der Waals surface area contributed by atoms with Gasteiger partial charge in [0.15, 0.2) is 0 Å². The van der Waals surface area contributed by atoms with E-state index < -0.39 is 0 Å². The molecule has 0 aliphatic heterocycles. The molecule has 0 saturated heterocycles. The topological polar surface area (TPSA) is 50.4 Å². The first kappa shape index (κ1) is 14.8. The van der Waals surface area contributed by atoms with Crippen molar-refractivity contribution in [1.29, 1.82) is 0 Å².